The molecular formula is C30H37N7O2. The normalized spacial score (nSPS) is 16.3. The number of aromatic nitrogens is 2. The highest BCUT2D eigenvalue weighted by Crippen LogP contribution is 2.28. The highest BCUT2D eigenvalue weighted by atomic mass is 16.2. The maximum Gasteiger partial charge on any atom is 0.251 e. The van der Waals surface area contributed by atoms with Gasteiger partial charge in [-0.15, -0.1) is 0 Å². The van der Waals surface area contributed by atoms with Gasteiger partial charge in [-0.2, -0.15) is 0 Å². The van der Waals surface area contributed by atoms with Gasteiger partial charge < -0.3 is 21.3 Å². The first-order valence-corrected chi connectivity index (χ1v) is 13.8. The van der Waals surface area contributed by atoms with Crippen LogP contribution in [0.1, 0.15) is 52.7 Å². The second kappa shape index (κ2) is 12.8. The van der Waals surface area contributed by atoms with Crippen LogP contribution in [0.15, 0.2) is 60.9 Å². The van der Waals surface area contributed by atoms with Crippen LogP contribution in [0, 0.1) is 5.92 Å². The fourth-order valence-corrected chi connectivity index (χ4v) is 5.27. The van der Waals surface area contributed by atoms with E-state index in [1.165, 1.54) is 0 Å². The first-order valence-electron chi connectivity index (χ1n) is 13.8. The molecule has 39 heavy (non-hydrogen) atoms. The van der Waals surface area contributed by atoms with Crippen LogP contribution in [0.3, 0.4) is 0 Å². The summed E-state index contributed by atoms with van der Waals surface area (Å²) in [6, 6.07) is 15.4. The maximum atomic E-state index is 13.0. The molecule has 3 aromatic rings. The van der Waals surface area contributed by atoms with E-state index >= 15 is 0 Å². The summed E-state index contributed by atoms with van der Waals surface area (Å²) in [4.78, 5) is 39.4. The molecule has 0 unspecified atom stereocenters. The number of piperazine rings is 1. The van der Waals surface area contributed by atoms with Crippen LogP contribution < -0.4 is 21.3 Å². The van der Waals surface area contributed by atoms with Gasteiger partial charge in [0.15, 0.2) is 0 Å². The van der Waals surface area contributed by atoms with Crippen LogP contribution in [-0.4, -0.2) is 52.9 Å². The van der Waals surface area contributed by atoms with E-state index in [1.54, 1.807) is 12.4 Å². The fourth-order valence-electron chi connectivity index (χ4n) is 5.27. The average Bonchev–Trinajstić information content (AvgIpc) is 3.53. The van der Waals surface area contributed by atoms with Crippen LogP contribution in [0.5, 0.6) is 0 Å². The minimum absolute atomic E-state index is 0.0428. The fraction of sp³-hybridized carbons (Fsp3) is 0.400. The van der Waals surface area contributed by atoms with Crippen LogP contribution >= 0.6 is 0 Å². The van der Waals surface area contributed by atoms with Crippen LogP contribution in [0.4, 0.5) is 11.6 Å². The second-order valence-corrected chi connectivity index (χ2v) is 10.4. The second-order valence-electron chi connectivity index (χ2n) is 10.4. The summed E-state index contributed by atoms with van der Waals surface area (Å²) in [6.07, 6.45) is 7.57. The van der Waals surface area contributed by atoms with Gasteiger partial charge in [-0.3, -0.25) is 14.5 Å². The van der Waals surface area contributed by atoms with E-state index in [-0.39, 0.29) is 17.7 Å². The highest BCUT2D eigenvalue weighted by molar-refractivity contribution is 5.98. The standard InChI is InChI=1S/C30H37N7O2/c31-19-22-6-8-23(9-7-22)20-34-28(38)25-10-11-26(27(18-25)35-29(39)24-4-1-2-5-24)21-36-14-16-37(17-15-36)30-32-12-3-13-33-30/h3,6-13,18,24H,1-2,4-5,14-17,19-21,31H2,(H,34,38)(H,35,39). The van der Waals surface area contributed by atoms with Crippen molar-refractivity contribution in [2.45, 2.75) is 45.3 Å². The number of nitrogens with two attached hydrogens (primary N) is 1. The Balaban J connectivity index is 1.26. The number of hydrogen-bond donors (Lipinski definition) is 3. The van der Waals surface area contributed by atoms with Gasteiger partial charge in [0.1, 0.15) is 0 Å². The predicted molar refractivity (Wildman–Crippen MR) is 152 cm³/mol. The van der Waals surface area contributed by atoms with E-state index in [2.05, 4.69) is 30.4 Å². The zero-order valence-electron chi connectivity index (χ0n) is 22.3. The predicted octanol–water partition coefficient (Wildman–Crippen LogP) is 3.32. The monoisotopic (exact) mass is 527 g/mol. The molecule has 0 spiro atoms. The molecular weight excluding hydrogens is 490 g/mol. The molecule has 2 heterocycles. The third kappa shape index (κ3) is 6.99. The molecule has 9 nitrogen and oxygen atoms in total. The van der Waals surface area contributed by atoms with Crippen molar-refractivity contribution in [3.05, 3.63) is 83.2 Å². The molecule has 204 valence electrons. The Morgan fingerprint density at radius 2 is 1.62 bits per heavy atom. The number of nitrogens with one attached hydrogen (secondary N) is 2. The van der Waals surface area contributed by atoms with Crippen molar-refractivity contribution in [3.8, 4) is 0 Å². The van der Waals surface area contributed by atoms with Gasteiger partial charge in [0, 0.05) is 75.4 Å². The first-order chi connectivity index (χ1) is 19.1. The quantitative estimate of drug-likeness (QED) is 0.391. The van der Waals surface area contributed by atoms with Crippen molar-refractivity contribution in [1.29, 1.82) is 0 Å². The lowest BCUT2D eigenvalue weighted by molar-refractivity contribution is -0.119. The number of carbonyl (C=O) groups excluding carboxylic acids is 2. The Bertz CT molecular complexity index is 1250. The Morgan fingerprint density at radius 3 is 2.31 bits per heavy atom. The number of benzene rings is 2. The molecule has 2 aliphatic rings. The van der Waals surface area contributed by atoms with E-state index in [4.69, 9.17) is 5.73 Å². The smallest absolute Gasteiger partial charge is 0.251 e. The molecule has 2 amide bonds. The maximum absolute atomic E-state index is 13.0. The number of nitrogens with zero attached hydrogens (tertiary/aromatic N) is 4. The Hall–Kier alpha value is -3.82. The molecule has 2 aromatic carbocycles. The van der Waals surface area contributed by atoms with E-state index in [9.17, 15) is 9.59 Å². The molecule has 1 saturated heterocycles. The van der Waals surface area contributed by atoms with E-state index in [0.29, 0.717) is 25.2 Å². The molecule has 4 N–H and O–H groups in total. The van der Waals surface area contributed by atoms with Gasteiger partial charge >= 0.3 is 0 Å². The third-order valence-electron chi connectivity index (χ3n) is 7.67. The van der Waals surface area contributed by atoms with Crippen LogP contribution in [-0.2, 0) is 24.4 Å². The molecule has 9 heteroatoms. The van der Waals surface area contributed by atoms with Crippen LogP contribution in [0.2, 0.25) is 0 Å². The highest BCUT2D eigenvalue weighted by Gasteiger charge is 2.25. The summed E-state index contributed by atoms with van der Waals surface area (Å²) in [5.41, 5.74) is 10.0. The molecule has 0 atom stereocenters. The Morgan fingerprint density at radius 1 is 0.923 bits per heavy atom. The minimum atomic E-state index is -0.169. The summed E-state index contributed by atoms with van der Waals surface area (Å²) < 4.78 is 0. The van der Waals surface area contributed by atoms with Crippen molar-refractivity contribution >= 4 is 23.5 Å². The molecule has 5 rings (SSSR count). The van der Waals surface area contributed by atoms with Crippen molar-refractivity contribution in [3.63, 3.8) is 0 Å². The summed E-state index contributed by atoms with van der Waals surface area (Å²) in [6.45, 7) is 5.00. The zero-order chi connectivity index (χ0) is 27.0. The van der Waals surface area contributed by atoms with Crippen molar-refractivity contribution in [1.82, 2.24) is 20.2 Å². The number of carbonyl (C=O) groups is 2. The lowest BCUT2D eigenvalue weighted by Crippen LogP contribution is -2.46. The summed E-state index contributed by atoms with van der Waals surface area (Å²) in [5.74, 6) is 0.684. The summed E-state index contributed by atoms with van der Waals surface area (Å²) in [5, 5.41) is 6.17. The lowest BCUT2D eigenvalue weighted by Gasteiger charge is -2.35. The van der Waals surface area contributed by atoms with Crippen molar-refractivity contribution < 1.29 is 9.59 Å². The molecule has 1 aromatic heterocycles. The van der Waals surface area contributed by atoms with Gasteiger partial charge in [0.05, 0.1) is 0 Å². The summed E-state index contributed by atoms with van der Waals surface area (Å²) >= 11 is 0. The number of hydrogen-bond acceptors (Lipinski definition) is 7. The number of amides is 2. The molecule has 1 aliphatic carbocycles. The summed E-state index contributed by atoms with van der Waals surface area (Å²) in [7, 11) is 0. The zero-order valence-corrected chi connectivity index (χ0v) is 22.3. The average molecular weight is 528 g/mol. The van der Waals surface area contributed by atoms with Gasteiger partial charge in [-0.05, 0) is 47.7 Å². The SMILES string of the molecule is NCc1ccc(CNC(=O)c2ccc(CN3CCN(c4ncccn4)CC3)c(NC(=O)C3CCCC3)c2)cc1. The van der Waals surface area contributed by atoms with Gasteiger partial charge in [0.25, 0.3) is 5.91 Å². The Kier molecular flexibility index (Phi) is 8.80. The molecule has 0 bridgehead atoms. The van der Waals surface area contributed by atoms with Gasteiger partial charge in [-0.25, -0.2) is 9.97 Å². The van der Waals surface area contributed by atoms with E-state index in [1.807, 2.05) is 48.5 Å². The first kappa shape index (κ1) is 26.8. The van der Waals surface area contributed by atoms with Gasteiger partial charge in [-0.1, -0.05) is 43.2 Å². The van der Waals surface area contributed by atoms with E-state index in [0.717, 1.165) is 80.2 Å². The molecule has 1 aliphatic heterocycles. The van der Waals surface area contributed by atoms with Crippen molar-refractivity contribution in [2.75, 3.05) is 36.4 Å². The van der Waals surface area contributed by atoms with Gasteiger partial charge in [0.2, 0.25) is 11.9 Å². The molecule has 1 saturated carbocycles. The lowest BCUT2D eigenvalue weighted by atomic mass is 10.0. The minimum Gasteiger partial charge on any atom is -0.348 e. The largest absolute Gasteiger partial charge is 0.348 e. The van der Waals surface area contributed by atoms with E-state index < -0.39 is 0 Å². The third-order valence-corrected chi connectivity index (χ3v) is 7.67. The topological polar surface area (TPSA) is 116 Å². The van der Waals surface area contributed by atoms with Crippen LogP contribution in [0.25, 0.3) is 0 Å². The van der Waals surface area contributed by atoms with Crippen molar-refractivity contribution in [2.24, 2.45) is 11.7 Å². The number of rotatable bonds is 9. The number of anilines is 2. The molecule has 2 fully saturated rings. The molecule has 0 radical (unpaired) electrons. The Labute approximate surface area is 229 Å².